The second kappa shape index (κ2) is 6.67. The van der Waals surface area contributed by atoms with E-state index in [0.29, 0.717) is 13.2 Å². The summed E-state index contributed by atoms with van der Waals surface area (Å²) in [4.78, 5) is 14.2. The smallest absolute Gasteiger partial charge is 0.410 e. The summed E-state index contributed by atoms with van der Waals surface area (Å²) in [6.07, 6.45) is 1.82. The molecule has 0 saturated carbocycles. The number of ether oxygens (including phenoxy) is 2. The van der Waals surface area contributed by atoms with Crippen LogP contribution in [0.4, 0.5) is 4.79 Å². The van der Waals surface area contributed by atoms with E-state index in [4.69, 9.17) is 9.47 Å². The van der Waals surface area contributed by atoms with Crippen LogP contribution in [0, 0.1) is 5.92 Å². The van der Waals surface area contributed by atoms with E-state index in [1.54, 1.807) is 0 Å². The number of carbonyl (C=O) groups excluding carboxylic acids is 1. The van der Waals surface area contributed by atoms with Crippen LogP contribution < -0.4 is 0 Å². The van der Waals surface area contributed by atoms with Crippen LogP contribution in [0.15, 0.2) is 30.3 Å². The molecule has 1 aromatic carbocycles. The van der Waals surface area contributed by atoms with Crippen molar-refractivity contribution in [2.24, 2.45) is 5.92 Å². The van der Waals surface area contributed by atoms with Crippen LogP contribution in [0.3, 0.4) is 0 Å². The Morgan fingerprint density at radius 2 is 2.09 bits per heavy atom. The van der Waals surface area contributed by atoms with Crippen LogP contribution in [0.2, 0.25) is 0 Å². The molecule has 5 nitrogen and oxygen atoms in total. The molecule has 2 aliphatic rings. The molecule has 3 rings (SSSR count). The number of hydrogen-bond donors (Lipinski definition) is 1. The first kappa shape index (κ1) is 15.3. The van der Waals surface area contributed by atoms with E-state index in [2.05, 4.69) is 6.92 Å². The van der Waals surface area contributed by atoms with Crippen molar-refractivity contribution in [3.05, 3.63) is 35.9 Å². The lowest BCUT2D eigenvalue weighted by molar-refractivity contribution is 0.0486. The van der Waals surface area contributed by atoms with Crippen molar-refractivity contribution in [1.82, 2.24) is 4.90 Å². The standard InChI is InChI=1S/C17H23NO4/c1-2-14-9-8-13(15-16(19)22-15)10-18(14)17(20)21-11-12-6-4-3-5-7-12/h3-7,13-16,19H,2,8-11H2,1H3/t13-,14?,15?,16?/m1/s1. The van der Waals surface area contributed by atoms with Gasteiger partial charge in [0.25, 0.3) is 0 Å². The molecule has 1 N–H and O–H groups in total. The SMILES string of the molecule is CCC1CC[C@@H](C2OC2O)CN1C(=O)OCc1ccccc1. The van der Waals surface area contributed by atoms with E-state index in [0.717, 1.165) is 24.8 Å². The second-order valence-electron chi connectivity index (χ2n) is 6.08. The van der Waals surface area contributed by atoms with Gasteiger partial charge in [0.2, 0.25) is 0 Å². The number of likely N-dealkylation sites (tertiary alicyclic amines) is 1. The van der Waals surface area contributed by atoms with Gasteiger partial charge in [-0.25, -0.2) is 4.79 Å². The van der Waals surface area contributed by atoms with Crippen LogP contribution in [0.1, 0.15) is 31.7 Å². The molecule has 4 atom stereocenters. The Balaban J connectivity index is 1.58. The summed E-state index contributed by atoms with van der Waals surface area (Å²) in [5.41, 5.74) is 0.985. The minimum atomic E-state index is -0.648. The van der Waals surface area contributed by atoms with Crippen LogP contribution in [-0.2, 0) is 16.1 Å². The van der Waals surface area contributed by atoms with Crippen LogP contribution in [0.25, 0.3) is 0 Å². The molecule has 22 heavy (non-hydrogen) atoms. The topological polar surface area (TPSA) is 62.3 Å². The fourth-order valence-electron chi connectivity index (χ4n) is 3.23. The fourth-order valence-corrected chi connectivity index (χ4v) is 3.23. The molecule has 0 radical (unpaired) electrons. The van der Waals surface area contributed by atoms with Gasteiger partial charge in [0.15, 0.2) is 6.29 Å². The summed E-state index contributed by atoms with van der Waals surface area (Å²) in [6.45, 7) is 2.98. The summed E-state index contributed by atoms with van der Waals surface area (Å²) in [5.74, 6) is 0.210. The van der Waals surface area contributed by atoms with E-state index in [1.165, 1.54) is 0 Å². The van der Waals surface area contributed by atoms with Crippen molar-refractivity contribution < 1.29 is 19.4 Å². The average molecular weight is 305 g/mol. The Morgan fingerprint density at radius 3 is 2.73 bits per heavy atom. The second-order valence-corrected chi connectivity index (χ2v) is 6.08. The van der Waals surface area contributed by atoms with Gasteiger partial charge in [0.1, 0.15) is 12.7 Å². The Kier molecular flexibility index (Phi) is 4.64. The molecular formula is C17H23NO4. The number of aliphatic hydroxyl groups is 1. The lowest BCUT2D eigenvalue weighted by atomic mass is 9.89. The number of epoxide rings is 1. The lowest BCUT2D eigenvalue weighted by Crippen LogP contribution is -2.48. The molecule has 2 heterocycles. The van der Waals surface area contributed by atoms with Gasteiger partial charge in [-0.05, 0) is 24.8 Å². The number of hydrogen-bond acceptors (Lipinski definition) is 4. The predicted molar refractivity (Wildman–Crippen MR) is 81.0 cm³/mol. The normalized spacial score (nSPS) is 30.9. The molecular weight excluding hydrogens is 282 g/mol. The predicted octanol–water partition coefficient (Wildman–Crippen LogP) is 2.53. The third kappa shape index (κ3) is 3.42. The zero-order valence-corrected chi connectivity index (χ0v) is 12.9. The van der Waals surface area contributed by atoms with Crippen molar-refractivity contribution >= 4 is 6.09 Å². The molecule has 0 aromatic heterocycles. The van der Waals surface area contributed by atoms with E-state index in [1.807, 2.05) is 35.2 Å². The molecule has 120 valence electrons. The first-order valence-corrected chi connectivity index (χ1v) is 8.00. The van der Waals surface area contributed by atoms with Crippen LogP contribution >= 0.6 is 0 Å². The third-order valence-electron chi connectivity index (χ3n) is 4.62. The zero-order chi connectivity index (χ0) is 15.5. The average Bonchev–Trinajstić information content (AvgIpc) is 3.30. The van der Waals surface area contributed by atoms with Gasteiger partial charge in [-0.3, -0.25) is 0 Å². The zero-order valence-electron chi connectivity index (χ0n) is 12.9. The van der Waals surface area contributed by atoms with Crippen molar-refractivity contribution in [3.8, 4) is 0 Å². The number of aliphatic hydroxyl groups excluding tert-OH is 1. The number of amides is 1. The highest BCUT2D eigenvalue weighted by molar-refractivity contribution is 5.68. The van der Waals surface area contributed by atoms with Crippen molar-refractivity contribution in [2.45, 2.75) is 51.2 Å². The van der Waals surface area contributed by atoms with Gasteiger partial charge < -0.3 is 19.5 Å². The molecule has 2 saturated heterocycles. The van der Waals surface area contributed by atoms with E-state index in [9.17, 15) is 9.90 Å². The lowest BCUT2D eigenvalue weighted by Gasteiger charge is -2.38. The third-order valence-corrected chi connectivity index (χ3v) is 4.62. The number of benzene rings is 1. The number of rotatable bonds is 4. The van der Waals surface area contributed by atoms with Crippen LogP contribution in [0.5, 0.6) is 0 Å². The summed E-state index contributed by atoms with van der Waals surface area (Å²) in [5, 5.41) is 9.42. The fraction of sp³-hybridized carbons (Fsp3) is 0.588. The van der Waals surface area contributed by atoms with Gasteiger partial charge in [-0.1, -0.05) is 37.3 Å². The van der Waals surface area contributed by atoms with Gasteiger partial charge in [0.05, 0.1) is 0 Å². The van der Waals surface area contributed by atoms with E-state index in [-0.39, 0.29) is 24.2 Å². The maximum Gasteiger partial charge on any atom is 0.410 e. The van der Waals surface area contributed by atoms with Gasteiger partial charge >= 0.3 is 6.09 Å². The Morgan fingerprint density at radius 1 is 1.36 bits per heavy atom. The van der Waals surface area contributed by atoms with E-state index < -0.39 is 6.29 Å². The summed E-state index contributed by atoms with van der Waals surface area (Å²) < 4.78 is 10.6. The molecule has 2 fully saturated rings. The van der Waals surface area contributed by atoms with E-state index >= 15 is 0 Å². The molecule has 3 unspecified atom stereocenters. The minimum Gasteiger partial charge on any atom is -0.445 e. The number of piperidine rings is 1. The number of nitrogens with zero attached hydrogens (tertiary/aromatic N) is 1. The van der Waals surface area contributed by atoms with Gasteiger partial charge in [0, 0.05) is 18.5 Å². The van der Waals surface area contributed by atoms with Crippen molar-refractivity contribution in [1.29, 1.82) is 0 Å². The largest absolute Gasteiger partial charge is 0.445 e. The molecule has 1 aromatic rings. The summed E-state index contributed by atoms with van der Waals surface area (Å²) in [7, 11) is 0. The number of carbonyl (C=O) groups is 1. The molecule has 2 aliphatic heterocycles. The first-order valence-electron chi connectivity index (χ1n) is 8.00. The van der Waals surface area contributed by atoms with Crippen LogP contribution in [-0.4, -0.2) is 41.1 Å². The molecule has 1 amide bonds. The minimum absolute atomic E-state index is 0.109. The Bertz CT molecular complexity index is 507. The van der Waals surface area contributed by atoms with Crippen molar-refractivity contribution in [2.75, 3.05) is 6.54 Å². The molecule has 0 bridgehead atoms. The summed E-state index contributed by atoms with van der Waals surface area (Å²) >= 11 is 0. The highest BCUT2D eigenvalue weighted by Gasteiger charge is 2.47. The van der Waals surface area contributed by atoms with Gasteiger partial charge in [-0.2, -0.15) is 0 Å². The Hall–Kier alpha value is -1.59. The molecule has 5 heteroatoms. The Labute approximate surface area is 130 Å². The highest BCUT2D eigenvalue weighted by atomic mass is 16.7. The first-order chi connectivity index (χ1) is 10.7. The summed E-state index contributed by atoms with van der Waals surface area (Å²) in [6, 6.07) is 9.90. The molecule has 0 aliphatic carbocycles. The van der Waals surface area contributed by atoms with Gasteiger partial charge in [-0.15, -0.1) is 0 Å². The highest BCUT2D eigenvalue weighted by Crippen LogP contribution is 2.35. The molecule has 0 spiro atoms. The monoisotopic (exact) mass is 305 g/mol. The maximum absolute atomic E-state index is 12.4. The maximum atomic E-state index is 12.4. The van der Waals surface area contributed by atoms with Crippen molar-refractivity contribution in [3.63, 3.8) is 0 Å². The quantitative estimate of drug-likeness (QED) is 0.868.